The molecule has 1 N–H and O–H groups in total. The highest BCUT2D eigenvalue weighted by Gasteiger charge is 2.16. The Balaban J connectivity index is 2.82. The first-order valence-electron chi connectivity index (χ1n) is 7.75. The maximum Gasteiger partial charge on any atom is 0.233 e. The Bertz CT molecular complexity index is 471. The van der Waals surface area contributed by atoms with Gasteiger partial charge in [-0.05, 0) is 37.8 Å². The van der Waals surface area contributed by atoms with Gasteiger partial charge in [-0.1, -0.05) is 32.0 Å². The molecule has 0 aliphatic carbocycles. The van der Waals surface area contributed by atoms with Gasteiger partial charge in [0.2, 0.25) is 11.8 Å². The number of hydrogen-bond donors (Lipinski definition) is 1. The van der Waals surface area contributed by atoms with Gasteiger partial charge in [-0.3, -0.25) is 9.59 Å². The first kappa shape index (κ1) is 17.2. The van der Waals surface area contributed by atoms with E-state index in [4.69, 9.17) is 0 Å². The summed E-state index contributed by atoms with van der Waals surface area (Å²) in [4.78, 5) is 25.8. The van der Waals surface area contributed by atoms with Crippen molar-refractivity contribution in [3.63, 3.8) is 0 Å². The second-order valence-electron chi connectivity index (χ2n) is 4.95. The van der Waals surface area contributed by atoms with Crippen LogP contribution in [0.1, 0.15) is 45.2 Å². The van der Waals surface area contributed by atoms with Crippen molar-refractivity contribution in [2.75, 3.05) is 18.4 Å². The number of benzene rings is 1. The molecule has 0 radical (unpaired) electrons. The van der Waals surface area contributed by atoms with Crippen molar-refractivity contribution in [1.29, 1.82) is 0 Å². The fourth-order valence-electron chi connectivity index (χ4n) is 2.41. The van der Waals surface area contributed by atoms with E-state index in [2.05, 4.69) is 19.2 Å². The number of nitrogens with one attached hydrogen (secondary N) is 1. The number of rotatable bonds is 7. The van der Waals surface area contributed by atoms with E-state index in [1.54, 1.807) is 4.90 Å². The van der Waals surface area contributed by atoms with E-state index in [0.717, 1.165) is 29.7 Å². The fourth-order valence-corrected chi connectivity index (χ4v) is 2.41. The summed E-state index contributed by atoms with van der Waals surface area (Å²) >= 11 is 0. The molecular weight excluding hydrogens is 264 g/mol. The average molecular weight is 290 g/mol. The lowest BCUT2D eigenvalue weighted by molar-refractivity contribution is -0.134. The minimum absolute atomic E-state index is 0.0944. The zero-order valence-corrected chi connectivity index (χ0v) is 13.5. The number of hydrogen-bond acceptors (Lipinski definition) is 2. The molecule has 0 bridgehead atoms. The molecule has 0 fully saturated rings. The Morgan fingerprint density at radius 2 is 1.52 bits per heavy atom. The number of carbonyl (C=O) groups is 2. The number of para-hydroxylation sites is 1. The minimum Gasteiger partial charge on any atom is -0.343 e. The minimum atomic E-state index is -0.234. The molecule has 1 aromatic rings. The molecule has 0 aliphatic rings. The lowest BCUT2D eigenvalue weighted by Gasteiger charge is -2.19. The molecule has 4 nitrogen and oxygen atoms in total. The predicted octanol–water partition coefficient (Wildman–Crippen LogP) is 3.01. The maximum absolute atomic E-state index is 12.1. The van der Waals surface area contributed by atoms with Crippen molar-refractivity contribution < 1.29 is 9.59 Å². The van der Waals surface area contributed by atoms with Crippen LogP contribution in [0.25, 0.3) is 0 Å². The van der Waals surface area contributed by atoms with Gasteiger partial charge < -0.3 is 10.2 Å². The van der Waals surface area contributed by atoms with Gasteiger partial charge in [-0.15, -0.1) is 0 Å². The van der Waals surface area contributed by atoms with Crippen molar-refractivity contribution >= 4 is 17.5 Å². The first-order chi connectivity index (χ1) is 10.1. The van der Waals surface area contributed by atoms with Crippen LogP contribution in [-0.4, -0.2) is 29.8 Å². The Kier molecular flexibility index (Phi) is 6.92. The molecule has 0 saturated heterocycles. The molecule has 2 amide bonds. The van der Waals surface area contributed by atoms with Gasteiger partial charge in [0.25, 0.3) is 0 Å². The van der Waals surface area contributed by atoms with Gasteiger partial charge in [0.05, 0.1) is 0 Å². The third-order valence-electron chi connectivity index (χ3n) is 3.69. The predicted molar refractivity (Wildman–Crippen MR) is 86.4 cm³/mol. The Hall–Kier alpha value is -1.84. The van der Waals surface area contributed by atoms with Crippen molar-refractivity contribution in [2.45, 2.75) is 47.0 Å². The van der Waals surface area contributed by atoms with Crippen LogP contribution in [0.2, 0.25) is 0 Å². The van der Waals surface area contributed by atoms with E-state index in [-0.39, 0.29) is 18.2 Å². The van der Waals surface area contributed by atoms with E-state index in [0.29, 0.717) is 13.1 Å². The third-order valence-corrected chi connectivity index (χ3v) is 3.69. The lowest BCUT2D eigenvalue weighted by atomic mass is 10.0. The van der Waals surface area contributed by atoms with Crippen LogP contribution in [0.4, 0.5) is 5.69 Å². The molecule has 0 spiro atoms. The van der Waals surface area contributed by atoms with Gasteiger partial charge in [0, 0.05) is 18.8 Å². The molecule has 0 saturated carbocycles. The summed E-state index contributed by atoms with van der Waals surface area (Å²) in [7, 11) is 0. The third kappa shape index (κ3) is 4.59. The highest BCUT2D eigenvalue weighted by atomic mass is 16.2. The van der Waals surface area contributed by atoms with Crippen molar-refractivity contribution in [2.24, 2.45) is 0 Å². The van der Waals surface area contributed by atoms with Crippen LogP contribution < -0.4 is 5.32 Å². The fraction of sp³-hybridized carbons (Fsp3) is 0.529. The molecule has 0 aliphatic heterocycles. The van der Waals surface area contributed by atoms with Crippen LogP contribution >= 0.6 is 0 Å². The zero-order valence-electron chi connectivity index (χ0n) is 13.5. The van der Waals surface area contributed by atoms with Gasteiger partial charge >= 0.3 is 0 Å². The summed E-state index contributed by atoms with van der Waals surface area (Å²) < 4.78 is 0. The molecule has 0 atom stereocenters. The summed E-state index contributed by atoms with van der Waals surface area (Å²) in [6, 6.07) is 6.04. The highest BCUT2D eigenvalue weighted by Crippen LogP contribution is 2.22. The lowest BCUT2D eigenvalue weighted by Crippen LogP contribution is -2.33. The van der Waals surface area contributed by atoms with E-state index < -0.39 is 0 Å². The van der Waals surface area contributed by atoms with E-state index in [1.807, 2.05) is 32.0 Å². The standard InChI is InChI=1S/C17H26N2O2/c1-5-13-10-9-11-14(6-2)17(13)18-15(20)12-16(21)19(7-3)8-4/h9-11H,5-8,12H2,1-4H3,(H,18,20). The van der Waals surface area contributed by atoms with Crippen LogP contribution in [0.3, 0.4) is 0 Å². The molecule has 0 unspecified atom stereocenters. The Labute approximate surface area is 127 Å². The van der Waals surface area contributed by atoms with E-state index >= 15 is 0 Å². The topological polar surface area (TPSA) is 49.4 Å². The van der Waals surface area contributed by atoms with Crippen molar-refractivity contribution in [3.8, 4) is 0 Å². The molecule has 1 aromatic carbocycles. The number of aryl methyl sites for hydroxylation is 2. The normalized spacial score (nSPS) is 10.3. The Morgan fingerprint density at radius 3 is 1.95 bits per heavy atom. The van der Waals surface area contributed by atoms with Crippen molar-refractivity contribution in [1.82, 2.24) is 4.90 Å². The van der Waals surface area contributed by atoms with Gasteiger partial charge in [-0.2, -0.15) is 0 Å². The van der Waals surface area contributed by atoms with E-state index in [9.17, 15) is 9.59 Å². The summed E-state index contributed by atoms with van der Waals surface area (Å²) in [6.45, 7) is 9.22. The molecule has 116 valence electrons. The van der Waals surface area contributed by atoms with E-state index in [1.165, 1.54) is 0 Å². The quantitative estimate of drug-likeness (QED) is 0.785. The van der Waals surface area contributed by atoms with Crippen molar-refractivity contribution in [3.05, 3.63) is 29.3 Å². The summed E-state index contributed by atoms with van der Waals surface area (Å²) in [5.74, 6) is -0.355. The highest BCUT2D eigenvalue weighted by molar-refractivity contribution is 6.04. The molecular formula is C17H26N2O2. The largest absolute Gasteiger partial charge is 0.343 e. The maximum atomic E-state index is 12.1. The zero-order chi connectivity index (χ0) is 15.8. The number of anilines is 1. The average Bonchev–Trinajstić information content (AvgIpc) is 2.48. The monoisotopic (exact) mass is 290 g/mol. The summed E-state index contributed by atoms with van der Waals surface area (Å²) in [5.41, 5.74) is 3.09. The SMILES string of the molecule is CCc1cccc(CC)c1NC(=O)CC(=O)N(CC)CC. The smallest absolute Gasteiger partial charge is 0.233 e. The van der Waals surface area contributed by atoms with Crippen LogP contribution in [0.5, 0.6) is 0 Å². The second kappa shape index (κ2) is 8.45. The van der Waals surface area contributed by atoms with Gasteiger partial charge in [-0.25, -0.2) is 0 Å². The molecule has 1 rings (SSSR count). The number of nitrogens with zero attached hydrogens (tertiary/aromatic N) is 1. The van der Waals surface area contributed by atoms with Crippen LogP contribution in [0.15, 0.2) is 18.2 Å². The number of amides is 2. The Morgan fingerprint density at radius 1 is 1.00 bits per heavy atom. The molecule has 0 heterocycles. The molecule has 4 heteroatoms. The van der Waals surface area contributed by atoms with Gasteiger partial charge in [0.15, 0.2) is 0 Å². The molecule has 21 heavy (non-hydrogen) atoms. The van der Waals surface area contributed by atoms with Crippen LogP contribution in [0, 0.1) is 0 Å². The molecule has 0 aromatic heterocycles. The summed E-state index contributed by atoms with van der Waals surface area (Å²) in [5, 5.41) is 2.93. The van der Waals surface area contributed by atoms with Gasteiger partial charge in [0.1, 0.15) is 6.42 Å². The second-order valence-corrected chi connectivity index (χ2v) is 4.95. The first-order valence-corrected chi connectivity index (χ1v) is 7.75. The summed E-state index contributed by atoms with van der Waals surface area (Å²) in [6.07, 6.45) is 1.61. The van der Waals surface area contributed by atoms with Crippen LogP contribution in [-0.2, 0) is 22.4 Å². The number of carbonyl (C=O) groups excluding carboxylic acids is 2.